The van der Waals surface area contributed by atoms with Gasteiger partial charge in [0.05, 0.1) is 19.7 Å². The number of methoxy groups -OCH3 is 1. The van der Waals surface area contributed by atoms with Crippen molar-refractivity contribution < 1.29 is 37.7 Å². The van der Waals surface area contributed by atoms with Gasteiger partial charge in [-0.3, -0.25) is 14.4 Å². The molecule has 0 bridgehead atoms. The van der Waals surface area contributed by atoms with Gasteiger partial charge in [-0.25, -0.2) is 8.78 Å². The fourth-order valence-electron chi connectivity index (χ4n) is 5.24. The number of aryl methyl sites for hydroxylation is 2. The summed E-state index contributed by atoms with van der Waals surface area (Å²) in [5, 5.41) is 16.5. The van der Waals surface area contributed by atoms with Gasteiger partial charge in [0.2, 0.25) is 5.91 Å². The Balaban J connectivity index is 1.48. The first kappa shape index (κ1) is 32.4. The number of carbonyl (C=O) groups is 3. The van der Waals surface area contributed by atoms with Crippen LogP contribution in [0.4, 0.5) is 8.78 Å². The number of benzene rings is 3. The van der Waals surface area contributed by atoms with Gasteiger partial charge in [0.15, 0.2) is 12.7 Å². The van der Waals surface area contributed by atoms with Gasteiger partial charge in [-0.15, -0.1) is 0 Å². The van der Waals surface area contributed by atoms with E-state index in [2.05, 4.69) is 10.6 Å². The monoisotopic (exact) mass is 609 g/mol. The molecule has 44 heavy (non-hydrogen) atoms. The summed E-state index contributed by atoms with van der Waals surface area (Å²) in [7, 11) is 1.50. The third-order valence-corrected chi connectivity index (χ3v) is 7.49. The van der Waals surface area contributed by atoms with Crippen LogP contribution in [-0.4, -0.2) is 72.1 Å². The number of amides is 3. The number of nitrogens with zero attached hydrogens (tertiary/aromatic N) is 1. The van der Waals surface area contributed by atoms with Crippen molar-refractivity contribution in [2.75, 3.05) is 20.3 Å². The predicted molar refractivity (Wildman–Crippen MR) is 159 cm³/mol. The number of aliphatic hydroxyl groups is 1. The Bertz CT molecular complexity index is 1450. The molecule has 3 N–H and O–H groups in total. The summed E-state index contributed by atoms with van der Waals surface area (Å²) >= 11 is 0. The summed E-state index contributed by atoms with van der Waals surface area (Å²) in [5.41, 5.74) is 3.04. The molecule has 3 unspecified atom stereocenters. The summed E-state index contributed by atoms with van der Waals surface area (Å²) in [4.78, 5) is 40.3. The van der Waals surface area contributed by atoms with Gasteiger partial charge in [0.25, 0.3) is 17.7 Å². The minimum absolute atomic E-state index is 0.0236. The van der Waals surface area contributed by atoms with Crippen molar-refractivity contribution >= 4 is 17.7 Å². The number of rotatable bonds is 12. The van der Waals surface area contributed by atoms with Gasteiger partial charge < -0.3 is 30.1 Å². The van der Waals surface area contributed by atoms with E-state index in [-0.39, 0.29) is 13.0 Å². The molecule has 1 aliphatic rings. The van der Waals surface area contributed by atoms with Crippen molar-refractivity contribution in [3.05, 3.63) is 95.1 Å². The highest BCUT2D eigenvalue weighted by Gasteiger charge is 2.51. The lowest BCUT2D eigenvalue weighted by Crippen LogP contribution is -2.56. The molecule has 0 aliphatic carbocycles. The van der Waals surface area contributed by atoms with Crippen LogP contribution < -0.4 is 20.1 Å². The number of halogens is 2. The Morgan fingerprint density at radius 2 is 1.66 bits per heavy atom. The number of likely N-dealkylation sites (tertiary alicyclic amines) is 1. The quantitative estimate of drug-likeness (QED) is 0.290. The van der Waals surface area contributed by atoms with E-state index < -0.39 is 61.4 Å². The van der Waals surface area contributed by atoms with E-state index in [0.29, 0.717) is 27.5 Å². The SMILES string of the molecule is COc1cccc(CNC(=O)C2CC(F)(F)CN2C(=O)C(O)C(Cc2ccccc2)NC(=O)COc2c(C)cccc2C)c1. The molecule has 1 fully saturated rings. The first-order valence-electron chi connectivity index (χ1n) is 14.3. The number of carbonyl (C=O) groups excluding carboxylic acids is 3. The number of nitrogens with one attached hydrogen (secondary N) is 2. The zero-order chi connectivity index (χ0) is 31.9. The van der Waals surface area contributed by atoms with Crippen LogP contribution in [0.15, 0.2) is 72.8 Å². The highest BCUT2D eigenvalue weighted by Crippen LogP contribution is 2.33. The molecule has 3 aromatic rings. The maximum atomic E-state index is 14.6. The molecule has 0 saturated carbocycles. The second-order valence-electron chi connectivity index (χ2n) is 10.9. The normalized spacial score (nSPS) is 17.0. The fourth-order valence-corrected chi connectivity index (χ4v) is 5.24. The van der Waals surface area contributed by atoms with Crippen molar-refractivity contribution in [1.29, 1.82) is 0 Å². The molecule has 3 aromatic carbocycles. The topological polar surface area (TPSA) is 117 Å². The molecule has 234 valence electrons. The van der Waals surface area contributed by atoms with Crippen LogP contribution in [0.5, 0.6) is 11.5 Å². The van der Waals surface area contributed by atoms with Gasteiger partial charge >= 0.3 is 0 Å². The van der Waals surface area contributed by atoms with Crippen LogP contribution in [0.1, 0.15) is 28.7 Å². The van der Waals surface area contributed by atoms with Gasteiger partial charge in [-0.1, -0.05) is 60.7 Å². The Hall–Kier alpha value is -4.51. The molecule has 9 nitrogen and oxygen atoms in total. The molecule has 0 radical (unpaired) electrons. The average molecular weight is 610 g/mol. The molecule has 11 heteroatoms. The zero-order valence-electron chi connectivity index (χ0n) is 24.9. The van der Waals surface area contributed by atoms with Crippen LogP contribution in [-0.2, 0) is 27.3 Å². The molecule has 3 atom stereocenters. The van der Waals surface area contributed by atoms with E-state index in [9.17, 15) is 28.3 Å². The molecule has 1 heterocycles. The Morgan fingerprint density at radius 1 is 1.00 bits per heavy atom. The maximum Gasteiger partial charge on any atom is 0.267 e. The summed E-state index contributed by atoms with van der Waals surface area (Å²) in [5.74, 6) is -4.71. The summed E-state index contributed by atoms with van der Waals surface area (Å²) < 4.78 is 40.1. The van der Waals surface area contributed by atoms with Crippen molar-refractivity contribution in [3.8, 4) is 11.5 Å². The molecule has 3 amide bonds. The minimum Gasteiger partial charge on any atom is -0.497 e. The first-order valence-corrected chi connectivity index (χ1v) is 14.3. The van der Waals surface area contributed by atoms with Crippen molar-refractivity contribution in [2.45, 2.75) is 57.3 Å². The van der Waals surface area contributed by atoms with Crippen LogP contribution in [0.25, 0.3) is 0 Å². The fraction of sp³-hybridized carbons (Fsp3) is 0.364. The minimum atomic E-state index is -3.34. The molecule has 4 rings (SSSR count). The maximum absolute atomic E-state index is 14.6. The zero-order valence-corrected chi connectivity index (χ0v) is 24.9. The Morgan fingerprint density at radius 3 is 2.34 bits per heavy atom. The van der Waals surface area contributed by atoms with Gasteiger partial charge in [0, 0.05) is 13.0 Å². The molecule has 1 aliphatic heterocycles. The van der Waals surface area contributed by atoms with Gasteiger partial charge in [-0.2, -0.15) is 0 Å². The molecule has 0 aromatic heterocycles. The van der Waals surface area contributed by atoms with Gasteiger partial charge in [-0.05, 0) is 54.7 Å². The molecule has 0 spiro atoms. The summed E-state index contributed by atoms with van der Waals surface area (Å²) in [6, 6.07) is 18.5. The number of hydrogen-bond donors (Lipinski definition) is 3. The van der Waals surface area contributed by atoms with E-state index in [0.717, 1.165) is 11.1 Å². The van der Waals surface area contributed by atoms with Gasteiger partial charge in [0.1, 0.15) is 17.5 Å². The third kappa shape index (κ3) is 8.31. The van der Waals surface area contributed by atoms with E-state index in [1.165, 1.54) is 7.11 Å². The molecular weight excluding hydrogens is 572 g/mol. The molecular formula is C33H37F2N3O6. The number of alkyl halides is 2. The smallest absolute Gasteiger partial charge is 0.267 e. The van der Waals surface area contributed by atoms with E-state index in [4.69, 9.17) is 9.47 Å². The van der Waals surface area contributed by atoms with Crippen LogP contribution in [0, 0.1) is 13.8 Å². The standard InChI is InChI=1S/C33H37F2N3O6/c1-21-9-7-10-22(2)30(21)44-19-28(39)37-26(16-23-11-5-4-6-12-23)29(40)32(42)38-20-33(34,35)17-27(38)31(41)36-18-24-13-8-14-25(15-24)43-3/h4-15,26-27,29,40H,16-20H2,1-3H3,(H,36,41)(H,37,39). The lowest BCUT2D eigenvalue weighted by molar-refractivity contribution is -0.147. The number of hydrogen-bond acceptors (Lipinski definition) is 6. The highest BCUT2D eigenvalue weighted by atomic mass is 19.3. The molecule has 1 saturated heterocycles. The lowest BCUT2D eigenvalue weighted by Gasteiger charge is -2.30. The van der Waals surface area contributed by atoms with Crippen molar-refractivity contribution in [1.82, 2.24) is 15.5 Å². The van der Waals surface area contributed by atoms with Crippen LogP contribution in [0.2, 0.25) is 0 Å². The Labute approximate surface area is 255 Å². The lowest BCUT2D eigenvalue weighted by atomic mass is 9.99. The van der Waals surface area contributed by atoms with E-state index in [1.807, 2.05) is 32.0 Å². The van der Waals surface area contributed by atoms with E-state index >= 15 is 0 Å². The largest absolute Gasteiger partial charge is 0.497 e. The van der Waals surface area contributed by atoms with E-state index in [1.54, 1.807) is 54.6 Å². The number of ether oxygens (including phenoxy) is 2. The Kier molecular flexibility index (Phi) is 10.5. The van der Waals surface area contributed by atoms with Crippen molar-refractivity contribution in [2.24, 2.45) is 0 Å². The third-order valence-electron chi connectivity index (χ3n) is 7.49. The number of para-hydroxylation sites is 1. The first-order chi connectivity index (χ1) is 21.0. The average Bonchev–Trinajstić information content (AvgIpc) is 3.34. The second-order valence-corrected chi connectivity index (χ2v) is 10.9. The van der Waals surface area contributed by atoms with Crippen LogP contribution in [0.3, 0.4) is 0 Å². The van der Waals surface area contributed by atoms with Crippen LogP contribution >= 0.6 is 0 Å². The van der Waals surface area contributed by atoms with Crippen molar-refractivity contribution in [3.63, 3.8) is 0 Å². The number of aliphatic hydroxyl groups excluding tert-OH is 1. The predicted octanol–water partition coefficient (Wildman–Crippen LogP) is 3.33. The summed E-state index contributed by atoms with van der Waals surface area (Å²) in [6.45, 7) is 2.28. The second kappa shape index (κ2) is 14.3. The highest BCUT2D eigenvalue weighted by molar-refractivity contribution is 5.91. The summed E-state index contributed by atoms with van der Waals surface area (Å²) in [6.07, 6.45) is -2.78.